The summed E-state index contributed by atoms with van der Waals surface area (Å²) in [4.78, 5) is 15.6. The second kappa shape index (κ2) is 5.46. The molecule has 1 heterocycles. The van der Waals surface area contributed by atoms with Crippen LogP contribution in [-0.4, -0.2) is 22.5 Å². The van der Waals surface area contributed by atoms with Gasteiger partial charge in [-0.25, -0.2) is 4.98 Å². The third-order valence-corrected chi connectivity index (χ3v) is 2.21. The Morgan fingerprint density at radius 3 is 2.94 bits per heavy atom. The monoisotopic (exact) mass is 223 g/mol. The third kappa shape index (κ3) is 3.51. The van der Waals surface area contributed by atoms with Crippen molar-refractivity contribution >= 4 is 11.7 Å². The van der Waals surface area contributed by atoms with Crippen LogP contribution in [0.2, 0.25) is 0 Å². The van der Waals surface area contributed by atoms with Gasteiger partial charge in [0.2, 0.25) is 5.91 Å². The molecule has 5 nitrogen and oxygen atoms in total. The Balaban J connectivity index is 2.65. The molecule has 1 atom stereocenters. The molecule has 1 unspecified atom stereocenters. The predicted molar refractivity (Wildman–Crippen MR) is 62.1 cm³/mol. The first kappa shape index (κ1) is 12.4. The van der Waals surface area contributed by atoms with Crippen molar-refractivity contribution in [2.75, 3.05) is 11.9 Å². The highest BCUT2D eigenvalue weighted by Crippen LogP contribution is 2.20. The maximum absolute atomic E-state index is 11.5. The van der Waals surface area contributed by atoms with Crippen LogP contribution in [0.4, 0.5) is 5.82 Å². The van der Waals surface area contributed by atoms with Gasteiger partial charge in [0.05, 0.1) is 0 Å². The van der Waals surface area contributed by atoms with Crippen LogP contribution >= 0.6 is 0 Å². The molecule has 0 aliphatic heterocycles. The van der Waals surface area contributed by atoms with Gasteiger partial charge in [0.25, 0.3) is 0 Å². The molecule has 0 fully saturated rings. The molecule has 1 aromatic heterocycles. The summed E-state index contributed by atoms with van der Waals surface area (Å²) in [5, 5.41) is 12.0. The van der Waals surface area contributed by atoms with E-state index in [9.17, 15) is 9.90 Å². The van der Waals surface area contributed by atoms with E-state index in [1.807, 2.05) is 6.92 Å². The van der Waals surface area contributed by atoms with Crippen molar-refractivity contribution in [2.24, 2.45) is 11.7 Å². The van der Waals surface area contributed by atoms with Crippen molar-refractivity contribution in [2.45, 2.75) is 20.3 Å². The molecular formula is C11H17N3O2. The Hall–Kier alpha value is -1.62. The van der Waals surface area contributed by atoms with Crippen molar-refractivity contribution in [3.8, 4) is 5.75 Å². The minimum atomic E-state index is -0.189. The normalized spacial score (nSPS) is 12.2. The quantitative estimate of drug-likeness (QED) is 0.711. The average molecular weight is 223 g/mol. The number of aromatic nitrogens is 1. The van der Waals surface area contributed by atoms with Gasteiger partial charge in [-0.15, -0.1) is 0 Å². The van der Waals surface area contributed by atoms with Gasteiger partial charge in [0, 0.05) is 12.1 Å². The predicted octanol–water partition coefficient (Wildman–Crippen LogP) is 1.02. The van der Waals surface area contributed by atoms with Crippen molar-refractivity contribution in [1.29, 1.82) is 0 Å². The standard InChI is InChI=1S/C11H17N3O2/c1-7(6-12)5-10(16)14-11-9(15)4-3-8(2)13-11/h3-4,7,15H,5-6,12H2,1-2H3,(H,13,14,16). The van der Waals surface area contributed by atoms with E-state index in [0.29, 0.717) is 13.0 Å². The molecule has 1 rings (SSSR count). The molecule has 0 spiro atoms. The largest absolute Gasteiger partial charge is 0.504 e. The average Bonchev–Trinajstić information content (AvgIpc) is 2.23. The lowest BCUT2D eigenvalue weighted by molar-refractivity contribution is -0.116. The summed E-state index contributed by atoms with van der Waals surface area (Å²) in [6.45, 7) is 4.14. The summed E-state index contributed by atoms with van der Waals surface area (Å²) in [5.74, 6) is 0.104. The van der Waals surface area contributed by atoms with Gasteiger partial charge >= 0.3 is 0 Å². The molecule has 0 saturated heterocycles. The number of hydrogen-bond donors (Lipinski definition) is 3. The van der Waals surface area contributed by atoms with Crippen LogP contribution in [0.1, 0.15) is 19.0 Å². The summed E-state index contributed by atoms with van der Waals surface area (Å²) in [6, 6.07) is 3.18. The lowest BCUT2D eigenvalue weighted by Crippen LogP contribution is -2.20. The first-order chi connectivity index (χ1) is 7.52. The van der Waals surface area contributed by atoms with E-state index in [1.54, 1.807) is 13.0 Å². The van der Waals surface area contributed by atoms with E-state index < -0.39 is 0 Å². The fourth-order valence-electron chi connectivity index (χ4n) is 1.22. The molecule has 0 aromatic carbocycles. The maximum atomic E-state index is 11.5. The zero-order valence-corrected chi connectivity index (χ0v) is 9.53. The number of aryl methyl sites for hydroxylation is 1. The smallest absolute Gasteiger partial charge is 0.225 e. The van der Waals surface area contributed by atoms with Crippen molar-refractivity contribution in [1.82, 2.24) is 4.98 Å². The topological polar surface area (TPSA) is 88.2 Å². The first-order valence-electron chi connectivity index (χ1n) is 5.19. The van der Waals surface area contributed by atoms with E-state index in [0.717, 1.165) is 5.69 Å². The summed E-state index contributed by atoms with van der Waals surface area (Å²) in [6.07, 6.45) is 0.325. The fraction of sp³-hybridized carbons (Fsp3) is 0.455. The second-order valence-electron chi connectivity index (χ2n) is 3.91. The maximum Gasteiger partial charge on any atom is 0.225 e. The zero-order chi connectivity index (χ0) is 12.1. The molecule has 88 valence electrons. The third-order valence-electron chi connectivity index (χ3n) is 2.21. The second-order valence-corrected chi connectivity index (χ2v) is 3.91. The molecule has 4 N–H and O–H groups in total. The molecule has 0 bridgehead atoms. The number of anilines is 1. The van der Waals surface area contributed by atoms with Gasteiger partial charge in [0.1, 0.15) is 0 Å². The number of nitrogens with one attached hydrogen (secondary N) is 1. The molecular weight excluding hydrogens is 206 g/mol. The number of pyridine rings is 1. The number of nitrogens with two attached hydrogens (primary N) is 1. The van der Waals surface area contributed by atoms with Crippen LogP contribution in [-0.2, 0) is 4.79 Å². The van der Waals surface area contributed by atoms with Crippen LogP contribution in [0.3, 0.4) is 0 Å². The van der Waals surface area contributed by atoms with E-state index in [4.69, 9.17) is 5.73 Å². The Labute approximate surface area is 94.7 Å². The number of nitrogens with zero attached hydrogens (tertiary/aromatic N) is 1. The fourth-order valence-corrected chi connectivity index (χ4v) is 1.22. The minimum absolute atomic E-state index is 0.0284. The van der Waals surface area contributed by atoms with Crippen molar-refractivity contribution < 1.29 is 9.90 Å². The molecule has 0 saturated carbocycles. The first-order valence-corrected chi connectivity index (χ1v) is 5.19. The summed E-state index contributed by atoms with van der Waals surface area (Å²) in [5.41, 5.74) is 6.16. The van der Waals surface area contributed by atoms with Crippen molar-refractivity contribution in [3.05, 3.63) is 17.8 Å². The Bertz CT molecular complexity index is 379. The van der Waals surface area contributed by atoms with Gasteiger partial charge in [-0.3, -0.25) is 4.79 Å². The Morgan fingerprint density at radius 1 is 1.62 bits per heavy atom. The Kier molecular flexibility index (Phi) is 4.25. The van der Waals surface area contributed by atoms with E-state index in [1.165, 1.54) is 6.07 Å². The number of amides is 1. The number of rotatable bonds is 4. The van der Waals surface area contributed by atoms with Crippen LogP contribution in [0, 0.1) is 12.8 Å². The van der Waals surface area contributed by atoms with Gasteiger partial charge in [-0.1, -0.05) is 6.92 Å². The SMILES string of the molecule is Cc1ccc(O)c(NC(=O)CC(C)CN)n1. The van der Waals surface area contributed by atoms with Gasteiger partial charge in [-0.05, 0) is 31.5 Å². The summed E-state index contributed by atoms with van der Waals surface area (Å²) >= 11 is 0. The van der Waals surface area contributed by atoms with Crippen LogP contribution in [0.25, 0.3) is 0 Å². The van der Waals surface area contributed by atoms with Gasteiger partial charge < -0.3 is 16.2 Å². The van der Waals surface area contributed by atoms with Crippen LogP contribution < -0.4 is 11.1 Å². The summed E-state index contributed by atoms with van der Waals surface area (Å²) in [7, 11) is 0. The van der Waals surface area contributed by atoms with E-state index >= 15 is 0 Å². The molecule has 1 amide bonds. The highest BCUT2D eigenvalue weighted by Gasteiger charge is 2.10. The highest BCUT2D eigenvalue weighted by molar-refractivity contribution is 5.91. The minimum Gasteiger partial charge on any atom is -0.504 e. The van der Waals surface area contributed by atoms with E-state index in [2.05, 4.69) is 10.3 Å². The van der Waals surface area contributed by atoms with Gasteiger partial charge in [0.15, 0.2) is 11.6 Å². The molecule has 1 aromatic rings. The molecule has 16 heavy (non-hydrogen) atoms. The highest BCUT2D eigenvalue weighted by atomic mass is 16.3. The Morgan fingerprint density at radius 2 is 2.31 bits per heavy atom. The summed E-state index contributed by atoms with van der Waals surface area (Å²) < 4.78 is 0. The molecule has 5 heteroatoms. The number of carbonyl (C=O) groups excluding carboxylic acids is 1. The van der Waals surface area contributed by atoms with Crippen molar-refractivity contribution in [3.63, 3.8) is 0 Å². The van der Waals surface area contributed by atoms with Gasteiger partial charge in [-0.2, -0.15) is 0 Å². The van der Waals surface area contributed by atoms with Crippen LogP contribution in [0.5, 0.6) is 5.75 Å². The lowest BCUT2D eigenvalue weighted by atomic mass is 10.1. The number of aromatic hydroxyl groups is 1. The lowest BCUT2D eigenvalue weighted by Gasteiger charge is -2.09. The number of carbonyl (C=O) groups is 1. The molecule has 0 aliphatic carbocycles. The van der Waals surface area contributed by atoms with Crippen LogP contribution in [0.15, 0.2) is 12.1 Å². The number of hydrogen-bond acceptors (Lipinski definition) is 4. The zero-order valence-electron chi connectivity index (χ0n) is 9.53. The molecule has 0 radical (unpaired) electrons. The van der Waals surface area contributed by atoms with E-state index in [-0.39, 0.29) is 23.4 Å². The molecule has 0 aliphatic rings.